The maximum Gasteiger partial charge on any atom is 0.261 e. The fourth-order valence-electron chi connectivity index (χ4n) is 5.44. The van der Waals surface area contributed by atoms with Crippen LogP contribution in [0.1, 0.15) is 44.9 Å². The Balaban J connectivity index is 1.06. The Morgan fingerprint density at radius 3 is 2.65 bits per heavy atom. The van der Waals surface area contributed by atoms with Gasteiger partial charge in [-0.15, -0.1) is 0 Å². The summed E-state index contributed by atoms with van der Waals surface area (Å²) in [6.45, 7) is 8.41. The zero-order valence-corrected chi connectivity index (χ0v) is 25.3. The molecule has 0 unspecified atom stereocenters. The molecule has 3 aromatic heterocycles. The summed E-state index contributed by atoms with van der Waals surface area (Å²) < 4.78 is 13.0. The van der Waals surface area contributed by atoms with E-state index < -0.39 is 5.41 Å². The lowest BCUT2D eigenvalue weighted by atomic mass is 9.90. The number of carbonyl (C=O) groups excluding carboxylic acids is 2. The number of amides is 2. The van der Waals surface area contributed by atoms with Crippen LogP contribution in [-0.2, 0) is 29.1 Å². The molecule has 5 rings (SSSR count). The molecule has 226 valence electrons. The Morgan fingerprint density at radius 2 is 1.84 bits per heavy atom. The van der Waals surface area contributed by atoms with E-state index in [9.17, 15) is 14.4 Å². The number of hydrogen-bond donors (Lipinski definition) is 1. The molecule has 1 aliphatic rings. The molecule has 0 saturated carbocycles. The highest BCUT2D eigenvalue weighted by Crippen LogP contribution is 2.40. The minimum Gasteiger partial charge on any atom is -0.494 e. The minimum absolute atomic E-state index is 0.0544. The van der Waals surface area contributed by atoms with Crippen LogP contribution in [0.2, 0.25) is 0 Å². The van der Waals surface area contributed by atoms with Gasteiger partial charge in [0.05, 0.1) is 29.6 Å². The lowest BCUT2D eigenvalue weighted by Gasteiger charge is -2.27. The van der Waals surface area contributed by atoms with Gasteiger partial charge in [-0.2, -0.15) is 0 Å². The molecule has 4 heterocycles. The maximum atomic E-state index is 13.1. The van der Waals surface area contributed by atoms with Crippen molar-refractivity contribution in [1.29, 1.82) is 0 Å². The van der Waals surface area contributed by atoms with Crippen LogP contribution in [0.3, 0.4) is 0 Å². The summed E-state index contributed by atoms with van der Waals surface area (Å²) in [6.07, 6.45) is 7.57. The summed E-state index contributed by atoms with van der Waals surface area (Å²) in [7, 11) is 1.71. The normalized spacial score (nSPS) is 14.7. The number of pyridine rings is 2. The van der Waals surface area contributed by atoms with Gasteiger partial charge in [0.1, 0.15) is 16.7 Å². The third-order valence-corrected chi connectivity index (χ3v) is 7.96. The standard InChI is InChI=1S/C33H39N5O5/c1-5-38-27-9-8-25(21-28(27)36(4)31(40)33(2,3)32(38)41)42-18-7-6-14-34-22-23-10-15-35-24(20-23)11-16-37-17-12-29-26(30(37)39)13-19-43-29/h8-10,12-13,15,17,19-21,34H,5-7,11,14,16,18,22H2,1-4H3. The first-order chi connectivity index (χ1) is 20.7. The van der Waals surface area contributed by atoms with Crippen molar-refractivity contribution in [1.82, 2.24) is 14.9 Å². The Labute approximate surface area is 251 Å². The van der Waals surface area contributed by atoms with Crippen LogP contribution in [0.15, 0.2) is 70.3 Å². The van der Waals surface area contributed by atoms with Crippen LogP contribution < -0.4 is 25.4 Å². The van der Waals surface area contributed by atoms with E-state index in [0.717, 1.165) is 42.9 Å². The zero-order valence-electron chi connectivity index (χ0n) is 25.3. The predicted molar refractivity (Wildman–Crippen MR) is 167 cm³/mol. The lowest BCUT2D eigenvalue weighted by Crippen LogP contribution is -2.47. The zero-order chi connectivity index (χ0) is 30.6. The van der Waals surface area contributed by atoms with Crippen LogP contribution in [0.25, 0.3) is 11.0 Å². The van der Waals surface area contributed by atoms with E-state index in [0.29, 0.717) is 48.5 Å². The third kappa shape index (κ3) is 6.34. The number of unbranched alkanes of at least 4 members (excludes halogenated alkanes) is 1. The molecule has 0 saturated heterocycles. The minimum atomic E-state index is -1.13. The van der Waals surface area contributed by atoms with E-state index >= 15 is 0 Å². The number of benzene rings is 1. The monoisotopic (exact) mass is 585 g/mol. The molecule has 0 radical (unpaired) electrons. The van der Waals surface area contributed by atoms with Gasteiger partial charge in [-0.05, 0) is 82.1 Å². The molecule has 0 atom stereocenters. The molecule has 4 aromatic rings. The van der Waals surface area contributed by atoms with Crippen molar-refractivity contribution in [2.24, 2.45) is 5.41 Å². The van der Waals surface area contributed by atoms with E-state index in [4.69, 9.17) is 9.15 Å². The van der Waals surface area contributed by atoms with Crippen LogP contribution in [0.4, 0.5) is 11.4 Å². The molecule has 0 fully saturated rings. The molecular formula is C33H39N5O5. The molecule has 43 heavy (non-hydrogen) atoms. The van der Waals surface area contributed by atoms with Crippen molar-refractivity contribution in [3.8, 4) is 5.75 Å². The Kier molecular flexibility index (Phi) is 8.96. The van der Waals surface area contributed by atoms with Crippen LogP contribution in [0, 0.1) is 5.41 Å². The highest BCUT2D eigenvalue weighted by Gasteiger charge is 2.45. The number of nitrogens with zero attached hydrogens (tertiary/aromatic N) is 4. The topological polar surface area (TPSA) is 110 Å². The number of aromatic nitrogens is 2. The average Bonchev–Trinajstić information content (AvgIpc) is 3.49. The van der Waals surface area contributed by atoms with Crippen LogP contribution in [0.5, 0.6) is 5.75 Å². The SMILES string of the molecule is CCN1C(=O)C(C)(C)C(=O)N(C)c2cc(OCCCCNCc3ccnc(CCn4ccc5occc5c4=O)c3)ccc21. The number of furan rings is 1. The Hall–Kier alpha value is -4.44. The maximum absolute atomic E-state index is 13.1. The number of hydrogen-bond acceptors (Lipinski definition) is 7. The molecule has 1 aromatic carbocycles. The Bertz CT molecular complexity index is 1670. The van der Waals surface area contributed by atoms with E-state index in [-0.39, 0.29) is 17.4 Å². The number of nitrogens with one attached hydrogen (secondary N) is 1. The van der Waals surface area contributed by atoms with Gasteiger partial charge in [0.15, 0.2) is 0 Å². The summed E-state index contributed by atoms with van der Waals surface area (Å²) in [4.78, 5) is 46.4. The second kappa shape index (κ2) is 12.8. The molecule has 0 bridgehead atoms. The summed E-state index contributed by atoms with van der Waals surface area (Å²) in [6, 6.07) is 13.1. The van der Waals surface area contributed by atoms with Crippen molar-refractivity contribution in [3.05, 3.63) is 82.7 Å². The molecule has 0 spiro atoms. The molecule has 0 aliphatic carbocycles. The summed E-state index contributed by atoms with van der Waals surface area (Å²) in [5.74, 6) is 0.239. The summed E-state index contributed by atoms with van der Waals surface area (Å²) in [5, 5.41) is 4.07. The average molecular weight is 586 g/mol. The van der Waals surface area contributed by atoms with Crippen molar-refractivity contribution >= 4 is 34.2 Å². The van der Waals surface area contributed by atoms with E-state index in [2.05, 4.69) is 16.4 Å². The van der Waals surface area contributed by atoms with Gasteiger partial charge < -0.3 is 28.8 Å². The second-order valence-electron chi connectivity index (χ2n) is 11.3. The van der Waals surface area contributed by atoms with Crippen LogP contribution >= 0.6 is 0 Å². The fraction of sp³-hybridized carbons (Fsp3) is 0.394. The van der Waals surface area contributed by atoms with Gasteiger partial charge in [-0.1, -0.05) is 0 Å². The quantitative estimate of drug-likeness (QED) is 0.192. The largest absolute Gasteiger partial charge is 0.494 e. The first-order valence-electron chi connectivity index (χ1n) is 14.8. The van der Waals surface area contributed by atoms with Gasteiger partial charge in [0.2, 0.25) is 11.8 Å². The van der Waals surface area contributed by atoms with Crippen molar-refractivity contribution in [2.75, 3.05) is 36.5 Å². The molecule has 1 aliphatic heterocycles. The molecule has 10 nitrogen and oxygen atoms in total. The number of fused-ring (bicyclic) bond motifs is 2. The first-order valence-corrected chi connectivity index (χ1v) is 14.8. The molecular weight excluding hydrogens is 546 g/mol. The summed E-state index contributed by atoms with van der Waals surface area (Å²) in [5.41, 5.74) is 2.89. The van der Waals surface area contributed by atoms with Gasteiger partial charge >= 0.3 is 0 Å². The van der Waals surface area contributed by atoms with Crippen molar-refractivity contribution in [3.63, 3.8) is 0 Å². The van der Waals surface area contributed by atoms with Gasteiger partial charge in [0, 0.05) is 57.3 Å². The number of aryl methyl sites for hydroxylation is 2. The van der Waals surface area contributed by atoms with Gasteiger partial charge in [0.25, 0.3) is 5.56 Å². The molecule has 2 amide bonds. The molecule has 10 heteroatoms. The van der Waals surface area contributed by atoms with E-state index in [1.165, 1.54) is 6.26 Å². The number of carbonyl (C=O) groups is 2. The van der Waals surface area contributed by atoms with Crippen molar-refractivity contribution in [2.45, 2.75) is 53.1 Å². The van der Waals surface area contributed by atoms with Crippen LogP contribution in [-0.4, -0.2) is 48.1 Å². The fourth-order valence-corrected chi connectivity index (χ4v) is 5.44. The highest BCUT2D eigenvalue weighted by molar-refractivity contribution is 6.20. The number of anilines is 2. The summed E-state index contributed by atoms with van der Waals surface area (Å²) >= 11 is 0. The predicted octanol–water partition coefficient (Wildman–Crippen LogP) is 4.54. The highest BCUT2D eigenvalue weighted by atomic mass is 16.5. The third-order valence-electron chi connectivity index (χ3n) is 7.96. The smallest absolute Gasteiger partial charge is 0.261 e. The lowest BCUT2D eigenvalue weighted by molar-refractivity contribution is -0.137. The first kappa shape index (κ1) is 30.0. The Morgan fingerprint density at radius 1 is 1.00 bits per heavy atom. The van der Waals surface area contributed by atoms with Gasteiger partial charge in [-0.25, -0.2) is 0 Å². The van der Waals surface area contributed by atoms with E-state index in [1.807, 2.05) is 43.5 Å². The number of ether oxygens (including phenoxy) is 1. The van der Waals surface area contributed by atoms with Gasteiger partial charge in [-0.3, -0.25) is 19.4 Å². The van der Waals surface area contributed by atoms with Crippen molar-refractivity contribution < 1.29 is 18.7 Å². The molecule has 1 N–H and O–H groups in total. The van der Waals surface area contributed by atoms with E-state index in [1.54, 1.807) is 47.5 Å². The number of rotatable bonds is 12. The second-order valence-corrected chi connectivity index (χ2v) is 11.3.